The van der Waals surface area contributed by atoms with Gasteiger partial charge in [0.05, 0.1) is 17.5 Å². The Morgan fingerprint density at radius 3 is 3.07 bits per heavy atom. The molecular weight excluding hydrogens is 196 g/mol. The van der Waals surface area contributed by atoms with E-state index in [2.05, 4.69) is 6.07 Å². The Morgan fingerprint density at radius 1 is 1.71 bits per heavy atom. The Labute approximate surface area is 87.6 Å². The molecule has 1 aromatic rings. The monoisotopic (exact) mass is 208 g/mol. The number of nitrogens with zero attached hydrogens (tertiary/aromatic N) is 2. The lowest BCUT2D eigenvalue weighted by Gasteiger charge is -2.12. The number of ketones is 1. The van der Waals surface area contributed by atoms with Gasteiger partial charge in [-0.25, -0.2) is 0 Å². The molecule has 74 valence electrons. The van der Waals surface area contributed by atoms with Crippen LogP contribution in [-0.4, -0.2) is 30.8 Å². The summed E-state index contributed by atoms with van der Waals surface area (Å²) >= 11 is 1.46. The van der Waals surface area contributed by atoms with Crippen molar-refractivity contribution in [2.75, 3.05) is 20.1 Å². The van der Waals surface area contributed by atoms with E-state index < -0.39 is 0 Å². The minimum atomic E-state index is 0.125. The molecule has 1 rings (SSSR count). The molecule has 1 heterocycles. The van der Waals surface area contributed by atoms with Gasteiger partial charge < -0.3 is 0 Å². The topological polar surface area (TPSA) is 44.1 Å². The van der Waals surface area contributed by atoms with Crippen molar-refractivity contribution in [1.82, 2.24) is 4.90 Å². The number of hydrogen-bond donors (Lipinski definition) is 0. The van der Waals surface area contributed by atoms with Crippen LogP contribution in [0.4, 0.5) is 0 Å². The van der Waals surface area contributed by atoms with Gasteiger partial charge in [0.1, 0.15) is 0 Å². The molecule has 0 radical (unpaired) electrons. The lowest BCUT2D eigenvalue weighted by atomic mass is 10.3. The normalized spacial score (nSPS) is 10.1. The predicted molar refractivity (Wildman–Crippen MR) is 56.4 cm³/mol. The third kappa shape index (κ3) is 3.29. The van der Waals surface area contributed by atoms with Gasteiger partial charge in [-0.15, -0.1) is 11.3 Å². The first-order valence-electron chi connectivity index (χ1n) is 4.36. The molecule has 0 fully saturated rings. The molecule has 0 unspecified atom stereocenters. The Kier molecular flexibility index (Phi) is 4.30. The first-order valence-corrected chi connectivity index (χ1v) is 5.24. The summed E-state index contributed by atoms with van der Waals surface area (Å²) in [6, 6.07) is 5.75. The number of nitriles is 1. The molecule has 0 saturated heterocycles. The fraction of sp³-hybridized carbons (Fsp3) is 0.400. The second kappa shape index (κ2) is 5.53. The Bertz CT molecular complexity index is 326. The van der Waals surface area contributed by atoms with Crippen molar-refractivity contribution < 1.29 is 4.79 Å². The molecular formula is C10H12N2OS. The molecule has 0 aliphatic heterocycles. The highest BCUT2D eigenvalue weighted by atomic mass is 32.1. The van der Waals surface area contributed by atoms with Gasteiger partial charge in [-0.1, -0.05) is 6.07 Å². The predicted octanol–water partition coefficient (Wildman–Crippen LogP) is 1.78. The van der Waals surface area contributed by atoms with Crippen molar-refractivity contribution in [3.63, 3.8) is 0 Å². The second-order valence-corrected chi connectivity index (χ2v) is 3.99. The summed E-state index contributed by atoms with van der Waals surface area (Å²) in [5.41, 5.74) is 0. The zero-order valence-corrected chi connectivity index (χ0v) is 8.88. The van der Waals surface area contributed by atoms with E-state index in [0.717, 1.165) is 4.88 Å². The number of rotatable bonds is 5. The number of thiophene rings is 1. The van der Waals surface area contributed by atoms with E-state index in [-0.39, 0.29) is 5.78 Å². The largest absolute Gasteiger partial charge is 0.298 e. The summed E-state index contributed by atoms with van der Waals surface area (Å²) in [6.07, 6.45) is 0.466. The molecule has 14 heavy (non-hydrogen) atoms. The van der Waals surface area contributed by atoms with Crippen molar-refractivity contribution in [2.45, 2.75) is 6.42 Å². The van der Waals surface area contributed by atoms with Crippen LogP contribution < -0.4 is 0 Å². The van der Waals surface area contributed by atoms with E-state index in [0.29, 0.717) is 19.5 Å². The van der Waals surface area contributed by atoms with Crippen LogP contribution in [0.1, 0.15) is 16.1 Å². The van der Waals surface area contributed by atoms with E-state index in [9.17, 15) is 4.79 Å². The maximum Gasteiger partial charge on any atom is 0.186 e. The highest BCUT2D eigenvalue weighted by molar-refractivity contribution is 7.12. The third-order valence-electron chi connectivity index (χ3n) is 1.81. The van der Waals surface area contributed by atoms with E-state index in [1.54, 1.807) is 0 Å². The van der Waals surface area contributed by atoms with Gasteiger partial charge in [-0.3, -0.25) is 9.69 Å². The maximum absolute atomic E-state index is 11.6. The Morgan fingerprint density at radius 2 is 2.50 bits per heavy atom. The van der Waals surface area contributed by atoms with Crippen LogP contribution in [-0.2, 0) is 0 Å². The summed E-state index contributed by atoms with van der Waals surface area (Å²) < 4.78 is 0. The first kappa shape index (κ1) is 10.9. The molecule has 4 heteroatoms. The van der Waals surface area contributed by atoms with Gasteiger partial charge in [-0.05, 0) is 18.5 Å². The summed E-state index contributed by atoms with van der Waals surface area (Å²) in [4.78, 5) is 14.2. The van der Waals surface area contributed by atoms with Crippen molar-refractivity contribution in [3.8, 4) is 6.07 Å². The van der Waals surface area contributed by atoms with Crippen molar-refractivity contribution in [3.05, 3.63) is 22.4 Å². The average molecular weight is 208 g/mol. The Hall–Kier alpha value is -1.18. The first-order chi connectivity index (χ1) is 6.74. The van der Waals surface area contributed by atoms with Crippen molar-refractivity contribution in [1.29, 1.82) is 5.26 Å². The smallest absolute Gasteiger partial charge is 0.186 e. The molecule has 1 aromatic heterocycles. The molecule has 0 saturated carbocycles. The van der Waals surface area contributed by atoms with Crippen LogP contribution in [0.15, 0.2) is 17.5 Å². The number of carbonyl (C=O) groups excluding carboxylic acids is 1. The van der Waals surface area contributed by atoms with Crippen LogP contribution in [0.3, 0.4) is 0 Å². The van der Waals surface area contributed by atoms with Gasteiger partial charge >= 0.3 is 0 Å². The zero-order chi connectivity index (χ0) is 10.4. The molecule has 0 aliphatic carbocycles. The standard InChI is InChI=1S/C10H12N2OS/c1-12(6-3-5-11)8-9(13)10-4-2-7-14-10/h2,4,7H,3,6,8H2,1H3. The van der Waals surface area contributed by atoms with Gasteiger partial charge in [0.25, 0.3) is 0 Å². The van der Waals surface area contributed by atoms with Gasteiger partial charge in [-0.2, -0.15) is 5.26 Å². The molecule has 0 N–H and O–H groups in total. The maximum atomic E-state index is 11.6. The van der Waals surface area contributed by atoms with Crippen LogP contribution >= 0.6 is 11.3 Å². The van der Waals surface area contributed by atoms with E-state index in [4.69, 9.17) is 5.26 Å². The lowest BCUT2D eigenvalue weighted by Crippen LogP contribution is -2.26. The Balaban J connectivity index is 2.38. The van der Waals surface area contributed by atoms with E-state index in [1.807, 2.05) is 29.5 Å². The molecule has 0 aromatic carbocycles. The zero-order valence-electron chi connectivity index (χ0n) is 8.06. The summed E-state index contributed by atoms with van der Waals surface area (Å²) in [5.74, 6) is 0.125. The molecule has 0 aliphatic rings. The molecule has 0 spiro atoms. The van der Waals surface area contributed by atoms with E-state index >= 15 is 0 Å². The van der Waals surface area contributed by atoms with Crippen LogP contribution in [0, 0.1) is 11.3 Å². The number of Topliss-reactive ketones (excluding diaryl/α,β-unsaturated/α-hetero) is 1. The number of carbonyl (C=O) groups is 1. The van der Waals surface area contributed by atoms with Gasteiger partial charge in [0.15, 0.2) is 5.78 Å². The average Bonchev–Trinajstić information content (AvgIpc) is 2.67. The molecule has 3 nitrogen and oxygen atoms in total. The van der Waals surface area contributed by atoms with E-state index in [1.165, 1.54) is 11.3 Å². The fourth-order valence-electron chi connectivity index (χ4n) is 1.08. The van der Waals surface area contributed by atoms with Gasteiger partial charge in [0, 0.05) is 13.0 Å². The summed E-state index contributed by atoms with van der Waals surface area (Å²) in [6.45, 7) is 1.04. The van der Waals surface area contributed by atoms with Crippen molar-refractivity contribution in [2.24, 2.45) is 0 Å². The quantitative estimate of drug-likeness (QED) is 0.693. The third-order valence-corrected chi connectivity index (χ3v) is 2.73. The number of likely N-dealkylation sites (N-methyl/N-ethyl adjacent to an activating group) is 1. The van der Waals surface area contributed by atoms with Crippen LogP contribution in [0.5, 0.6) is 0 Å². The lowest BCUT2D eigenvalue weighted by molar-refractivity contribution is 0.0951. The van der Waals surface area contributed by atoms with Crippen molar-refractivity contribution >= 4 is 17.1 Å². The SMILES string of the molecule is CN(CCC#N)CC(=O)c1cccs1. The number of hydrogen-bond acceptors (Lipinski definition) is 4. The fourth-order valence-corrected chi connectivity index (χ4v) is 1.74. The van der Waals surface area contributed by atoms with Gasteiger partial charge in [0.2, 0.25) is 0 Å². The molecule has 0 atom stereocenters. The molecule has 0 bridgehead atoms. The summed E-state index contributed by atoms with van der Waals surface area (Å²) in [5, 5.41) is 10.3. The second-order valence-electron chi connectivity index (χ2n) is 3.05. The molecule has 0 amide bonds. The minimum Gasteiger partial charge on any atom is -0.298 e. The minimum absolute atomic E-state index is 0.125. The highest BCUT2D eigenvalue weighted by Gasteiger charge is 2.09. The van der Waals surface area contributed by atoms with Crippen LogP contribution in [0.2, 0.25) is 0 Å². The highest BCUT2D eigenvalue weighted by Crippen LogP contribution is 2.09. The van der Waals surface area contributed by atoms with Crippen LogP contribution in [0.25, 0.3) is 0 Å². The summed E-state index contributed by atoms with van der Waals surface area (Å²) in [7, 11) is 1.85.